The Morgan fingerprint density at radius 1 is 1.22 bits per heavy atom. The molecule has 0 unspecified atom stereocenters. The van der Waals surface area contributed by atoms with Crippen molar-refractivity contribution in [3.63, 3.8) is 0 Å². The van der Waals surface area contributed by atoms with Crippen molar-refractivity contribution in [2.45, 2.75) is 4.90 Å². The van der Waals surface area contributed by atoms with E-state index in [0.29, 0.717) is 11.5 Å². The first kappa shape index (κ1) is 12.3. The zero-order valence-corrected chi connectivity index (χ0v) is 10.5. The molecule has 0 aliphatic heterocycles. The van der Waals surface area contributed by atoms with Crippen LogP contribution >= 0.6 is 0 Å². The highest BCUT2D eigenvalue weighted by Gasteiger charge is 2.21. The summed E-state index contributed by atoms with van der Waals surface area (Å²) < 4.78 is 25.6. The van der Waals surface area contributed by atoms with Gasteiger partial charge in [-0.3, -0.25) is 9.29 Å². The molecule has 0 amide bonds. The minimum atomic E-state index is -3.61. The summed E-state index contributed by atoms with van der Waals surface area (Å²) in [6.07, 6.45) is 4.23. The third-order valence-corrected chi connectivity index (χ3v) is 4.20. The number of anilines is 2. The summed E-state index contributed by atoms with van der Waals surface area (Å²) in [5, 5.41) is 0. The molecule has 0 fully saturated rings. The summed E-state index contributed by atoms with van der Waals surface area (Å²) in [7, 11) is -2.16. The van der Waals surface area contributed by atoms with E-state index >= 15 is 0 Å². The molecule has 6 nitrogen and oxygen atoms in total. The number of pyridine rings is 2. The number of sulfonamides is 1. The molecule has 0 atom stereocenters. The van der Waals surface area contributed by atoms with Crippen LogP contribution in [0.3, 0.4) is 0 Å². The number of aromatic nitrogens is 2. The van der Waals surface area contributed by atoms with Gasteiger partial charge in [-0.15, -0.1) is 0 Å². The van der Waals surface area contributed by atoms with Crippen LogP contribution in [0.2, 0.25) is 0 Å². The first-order valence-electron chi connectivity index (χ1n) is 5.12. The molecule has 2 heterocycles. The third-order valence-electron chi connectivity index (χ3n) is 2.43. The van der Waals surface area contributed by atoms with Crippen molar-refractivity contribution in [2.75, 3.05) is 17.1 Å². The molecule has 0 saturated heterocycles. The summed E-state index contributed by atoms with van der Waals surface area (Å²) in [6.45, 7) is 0. The second-order valence-electron chi connectivity index (χ2n) is 3.60. The van der Waals surface area contributed by atoms with Gasteiger partial charge in [0.15, 0.2) is 0 Å². The monoisotopic (exact) mass is 264 g/mol. The van der Waals surface area contributed by atoms with Crippen molar-refractivity contribution < 1.29 is 8.42 Å². The first-order chi connectivity index (χ1) is 8.51. The van der Waals surface area contributed by atoms with Gasteiger partial charge in [0.05, 0.1) is 11.9 Å². The maximum absolute atomic E-state index is 12.2. The standard InChI is InChI=1S/C11H12N4O2S/c1-15(9-4-5-11(12)14-7-9)18(16,17)10-3-2-6-13-8-10/h2-8H,1H3,(H2,12,14). The van der Waals surface area contributed by atoms with E-state index in [1.807, 2.05) is 0 Å². The molecular formula is C11H12N4O2S. The number of nitrogens with zero attached hydrogens (tertiary/aromatic N) is 3. The highest BCUT2D eigenvalue weighted by atomic mass is 32.2. The Balaban J connectivity index is 2.39. The van der Waals surface area contributed by atoms with Crippen molar-refractivity contribution in [2.24, 2.45) is 0 Å². The van der Waals surface area contributed by atoms with Crippen LogP contribution < -0.4 is 10.0 Å². The molecular weight excluding hydrogens is 252 g/mol. The van der Waals surface area contributed by atoms with Gasteiger partial charge in [-0.05, 0) is 24.3 Å². The van der Waals surface area contributed by atoms with Crippen LogP contribution in [0.4, 0.5) is 11.5 Å². The van der Waals surface area contributed by atoms with Crippen LogP contribution in [-0.4, -0.2) is 25.4 Å². The van der Waals surface area contributed by atoms with Crippen molar-refractivity contribution in [3.05, 3.63) is 42.9 Å². The number of nitrogens with two attached hydrogens (primary N) is 1. The SMILES string of the molecule is CN(c1ccc(N)nc1)S(=O)(=O)c1cccnc1. The molecule has 7 heteroatoms. The Morgan fingerprint density at radius 3 is 2.56 bits per heavy atom. The number of rotatable bonds is 3. The molecule has 2 rings (SSSR count). The molecule has 0 aliphatic carbocycles. The summed E-state index contributed by atoms with van der Waals surface area (Å²) in [5.74, 6) is 0.339. The van der Waals surface area contributed by atoms with Gasteiger partial charge in [0.25, 0.3) is 10.0 Å². The maximum atomic E-state index is 12.2. The van der Waals surface area contributed by atoms with Crippen molar-refractivity contribution in [1.29, 1.82) is 0 Å². The van der Waals surface area contributed by atoms with Gasteiger partial charge in [-0.1, -0.05) is 0 Å². The second-order valence-corrected chi connectivity index (χ2v) is 5.57. The van der Waals surface area contributed by atoms with Gasteiger partial charge >= 0.3 is 0 Å². The summed E-state index contributed by atoms with van der Waals surface area (Å²) in [4.78, 5) is 7.79. The average molecular weight is 264 g/mol. The summed E-state index contributed by atoms with van der Waals surface area (Å²) >= 11 is 0. The molecule has 18 heavy (non-hydrogen) atoms. The van der Waals surface area contributed by atoms with E-state index in [4.69, 9.17) is 5.73 Å². The fourth-order valence-corrected chi connectivity index (χ4v) is 2.53. The van der Waals surface area contributed by atoms with E-state index in [9.17, 15) is 8.42 Å². The molecule has 94 valence electrons. The van der Waals surface area contributed by atoms with E-state index in [0.717, 1.165) is 4.31 Å². The topological polar surface area (TPSA) is 89.2 Å². The van der Waals surface area contributed by atoms with Crippen LogP contribution in [0, 0.1) is 0 Å². The predicted octanol–water partition coefficient (Wildman–Crippen LogP) is 0.884. The van der Waals surface area contributed by atoms with Crippen LogP contribution in [0.1, 0.15) is 0 Å². The van der Waals surface area contributed by atoms with Gasteiger partial charge < -0.3 is 5.73 Å². The van der Waals surface area contributed by atoms with Gasteiger partial charge in [-0.2, -0.15) is 0 Å². The maximum Gasteiger partial charge on any atom is 0.265 e. The minimum absolute atomic E-state index is 0.129. The van der Waals surface area contributed by atoms with E-state index in [1.165, 1.54) is 31.7 Å². The lowest BCUT2D eigenvalue weighted by molar-refractivity contribution is 0.594. The van der Waals surface area contributed by atoms with Gasteiger partial charge in [0.2, 0.25) is 0 Å². The molecule has 2 N–H and O–H groups in total. The lowest BCUT2D eigenvalue weighted by atomic mass is 10.4. The summed E-state index contributed by atoms with van der Waals surface area (Å²) in [6, 6.07) is 6.20. The highest BCUT2D eigenvalue weighted by molar-refractivity contribution is 7.92. The van der Waals surface area contributed by atoms with Crippen molar-refractivity contribution in [3.8, 4) is 0 Å². The molecule has 0 aromatic carbocycles. The normalized spacial score (nSPS) is 11.2. The van der Waals surface area contributed by atoms with Crippen molar-refractivity contribution >= 4 is 21.5 Å². The minimum Gasteiger partial charge on any atom is -0.384 e. The number of hydrogen-bond donors (Lipinski definition) is 1. The molecule has 0 bridgehead atoms. The number of hydrogen-bond acceptors (Lipinski definition) is 5. The van der Waals surface area contributed by atoms with E-state index in [2.05, 4.69) is 9.97 Å². The number of nitrogen functional groups attached to an aromatic ring is 1. The predicted molar refractivity (Wildman–Crippen MR) is 68.5 cm³/mol. The third kappa shape index (κ3) is 2.25. The van der Waals surface area contributed by atoms with Gasteiger partial charge in [-0.25, -0.2) is 13.4 Å². The molecule has 2 aromatic rings. The molecule has 0 radical (unpaired) electrons. The molecule has 2 aromatic heterocycles. The second kappa shape index (κ2) is 4.61. The van der Waals surface area contributed by atoms with Crippen molar-refractivity contribution in [1.82, 2.24) is 9.97 Å². The molecule has 0 saturated carbocycles. The first-order valence-corrected chi connectivity index (χ1v) is 6.56. The zero-order chi connectivity index (χ0) is 13.2. The van der Waals surface area contributed by atoms with Crippen LogP contribution in [0.5, 0.6) is 0 Å². The largest absolute Gasteiger partial charge is 0.384 e. The Kier molecular flexibility index (Phi) is 3.15. The van der Waals surface area contributed by atoms with E-state index in [-0.39, 0.29) is 4.90 Å². The lowest BCUT2D eigenvalue weighted by Crippen LogP contribution is -2.26. The smallest absolute Gasteiger partial charge is 0.265 e. The average Bonchev–Trinajstić information content (AvgIpc) is 2.40. The Labute approximate surface area is 105 Å². The zero-order valence-electron chi connectivity index (χ0n) is 9.69. The van der Waals surface area contributed by atoms with Crippen LogP contribution in [0.15, 0.2) is 47.8 Å². The van der Waals surface area contributed by atoms with Crippen LogP contribution in [0.25, 0.3) is 0 Å². The quantitative estimate of drug-likeness (QED) is 0.889. The summed E-state index contributed by atoms with van der Waals surface area (Å²) in [5.41, 5.74) is 5.90. The Bertz CT molecular complexity index is 626. The van der Waals surface area contributed by atoms with E-state index < -0.39 is 10.0 Å². The molecule has 0 spiro atoms. The highest BCUT2D eigenvalue weighted by Crippen LogP contribution is 2.20. The van der Waals surface area contributed by atoms with Gasteiger partial charge in [0.1, 0.15) is 10.7 Å². The van der Waals surface area contributed by atoms with Crippen LogP contribution in [-0.2, 0) is 10.0 Å². The Morgan fingerprint density at radius 2 is 2.00 bits per heavy atom. The lowest BCUT2D eigenvalue weighted by Gasteiger charge is -2.18. The Hall–Kier alpha value is -2.15. The van der Waals surface area contributed by atoms with Gasteiger partial charge in [0, 0.05) is 19.4 Å². The fourth-order valence-electron chi connectivity index (χ4n) is 1.38. The molecule has 0 aliphatic rings. The fraction of sp³-hybridized carbons (Fsp3) is 0.0909. The van der Waals surface area contributed by atoms with E-state index in [1.54, 1.807) is 18.2 Å².